The Bertz CT molecular complexity index is 486. The van der Waals surface area contributed by atoms with E-state index in [1.54, 1.807) is 12.1 Å². The third-order valence-corrected chi connectivity index (χ3v) is 3.16. The Hall–Kier alpha value is -1.26. The summed E-state index contributed by atoms with van der Waals surface area (Å²) < 4.78 is 4.99. The van der Waals surface area contributed by atoms with E-state index >= 15 is 0 Å². The van der Waals surface area contributed by atoms with Crippen molar-refractivity contribution in [2.75, 3.05) is 0 Å². The first kappa shape index (κ1) is 12.2. The van der Waals surface area contributed by atoms with E-state index in [0.717, 1.165) is 0 Å². The summed E-state index contributed by atoms with van der Waals surface area (Å²) in [5.74, 6) is -2.51. The Labute approximate surface area is 107 Å². The molecule has 0 aromatic heterocycles. The fourth-order valence-corrected chi connectivity index (χ4v) is 2.30. The molecule has 0 saturated carbocycles. The lowest BCUT2D eigenvalue weighted by Gasteiger charge is -2.15. The molecule has 4 nitrogen and oxygen atoms in total. The number of hydrogen-bond acceptors (Lipinski definition) is 3. The van der Waals surface area contributed by atoms with E-state index in [0.29, 0.717) is 15.6 Å². The van der Waals surface area contributed by atoms with Crippen molar-refractivity contribution in [2.24, 2.45) is 5.92 Å². The highest BCUT2D eigenvalue weighted by Crippen LogP contribution is 2.39. The molecule has 1 aliphatic rings. The third kappa shape index (κ3) is 2.37. The average molecular weight is 275 g/mol. The minimum atomic E-state index is -1.08. The number of carboxylic acids is 1. The summed E-state index contributed by atoms with van der Waals surface area (Å²) in [7, 11) is 0. The predicted octanol–water partition coefficient (Wildman–Crippen LogP) is 2.68. The van der Waals surface area contributed by atoms with Crippen molar-refractivity contribution in [1.29, 1.82) is 0 Å². The Morgan fingerprint density at radius 1 is 1.41 bits per heavy atom. The van der Waals surface area contributed by atoms with Crippen LogP contribution in [0.5, 0.6) is 0 Å². The smallest absolute Gasteiger partial charge is 0.311 e. The molecular formula is C11H8Cl2O4. The van der Waals surface area contributed by atoms with Crippen LogP contribution >= 0.6 is 23.2 Å². The maximum absolute atomic E-state index is 11.2. The van der Waals surface area contributed by atoms with Crippen molar-refractivity contribution in [3.8, 4) is 0 Å². The van der Waals surface area contributed by atoms with Crippen LogP contribution in [0.15, 0.2) is 18.2 Å². The average Bonchev–Trinajstić information content (AvgIpc) is 2.60. The van der Waals surface area contributed by atoms with E-state index in [4.69, 9.17) is 33.0 Å². The van der Waals surface area contributed by atoms with Gasteiger partial charge in [0.25, 0.3) is 0 Å². The number of ether oxygens (including phenoxy) is 1. The highest BCUT2D eigenvalue weighted by molar-refractivity contribution is 6.35. The molecule has 0 amide bonds. The molecule has 1 saturated heterocycles. The normalized spacial score (nSPS) is 23.5. The molecule has 6 heteroatoms. The lowest BCUT2D eigenvalue weighted by molar-refractivity contribution is -0.144. The topological polar surface area (TPSA) is 63.6 Å². The molecule has 0 spiro atoms. The summed E-state index contributed by atoms with van der Waals surface area (Å²) in [5.41, 5.74) is 0.467. The van der Waals surface area contributed by atoms with E-state index in [-0.39, 0.29) is 6.42 Å². The summed E-state index contributed by atoms with van der Waals surface area (Å²) in [6.07, 6.45) is -0.983. The number of benzene rings is 1. The molecule has 2 rings (SSSR count). The minimum Gasteiger partial charge on any atom is -0.481 e. The number of cyclic esters (lactones) is 1. The monoisotopic (exact) mass is 274 g/mol. The third-order valence-electron chi connectivity index (χ3n) is 2.60. The van der Waals surface area contributed by atoms with Gasteiger partial charge in [-0.2, -0.15) is 0 Å². The minimum absolute atomic E-state index is 0.140. The van der Waals surface area contributed by atoms with Crippen molar-refractivity contribution in [1.82, 2.24) is 0 Å². The zero-order chi connectivity index (χ0) is 12.6. The first-order valence-corrected chi connectivity index (χ1v) is 5.62. The zero-order valence-corrected chi connectivity index (χ0v) is 10.0. The van der Waals surface area contributed by atoms with E-state index in [9.17, 15) is 9.59 Å². The molecule has 1 aliphatic heterocycles. The highest BCUT2D eigenvalue weighted by Gasteiger charge is 2.41. The van der Waals surface area contributed by atoms with E-state index < -0.39 is 24.0 Å². The fourth-order valence-electron chi connectivity index (χ4n) is 1.79. The summed E-state index contributed by atoms with van der Waals surface area (Å²) >= 11 is 11.7. The van der Waals surface area contributed by atoms with Gasteiger partial charge in [0.15, 0.2) is 0 Å². The van der Waals surface area contributed by atoms with Crippen LogP contribution in [0.1, 0.15) is 18.1 Å². The van der Waals surface area contributed by atoms with Crippen LogP contribution in [0, 0.1) is 5.92 Å². The predicted molar refractivity (Wildman–Crippen MR) is 61.0 cm³/mol. The Kier molecular flexibility index (Phi) is 3.26. The molecule has 1 aromatic rings. The fraction of sp³-hybridized carbons (Fsp3) is 0.273. The summed E-state index contributed by atoms with van der Waals surface area (Å²) in [6.45, 7) is 0. The van der Waals surface area contributed by atoms with Crippen LogP contribution in [0.3, 0.4) is 0 Å². The molecule has 1 aromatic carbocycles. The Balaban J connectivity index is 2.38. The number of rotatable bonds is 2. The van der Waals surface area contributed by atoms with E-state index in [1.807, 2.05) is 0 Å². The van der Waals surface area contributed by atoms with E-state index in [1.165, 1.54) is 6.07 Å². The van der Waals surface area contributed by atoms with Gasteiger partial charge in [0.1, 0.15) is 12.0 Å². The standard InChI is InChI=1S/C11H8Cl2O4/c12-5-1-2-6(8(13)3-5)10-7(11(15)16)4-9(14)17-10/h1-3,7,10H,4H2,(H,15,16)/t7-,10+/m0/s1. The SMILES string of the molecule is O=C1C[C@H](C(=O)O)[C@@H](c2ccc(Cl)cc2Cl)O1. The second kappa shape index (κ2) is 4.55. The largest absolute Gasteiger partial charge is 0.481 e. The summed E-state index contributed by atoms with van der Waals surface area (Å²) in [5, 5.41) is 9.74. The summed E-state index contributed by atoms with van der Waals surface area (Å²) in [6, 6.07) is 4.64. The quantitative estimate of drug-likeness (QED) is 0.843. The van der Waals surface area contributed by atoms with Gasteiger partial charge in [-0.25, -0.2) is 0 Å². The Morgan fingerprint density at radius 3 is 2.71 bits per heavy atom. The number of carboxylic acid groups (broad SMARTS) is 1. The van der Waals surface area contributed by atoms with Crippen LogP contribution < -0.4 is 0 Å². The van der Waals surface area contributed by atoms with Crippen molar-refractivity contribution in [3.05, 3.63) is 33.8 Å². The van der Waals surface area contributed by atoms with Crippen LogP contribution in [-0.2, 0) is 14.3 Å². The first-order chi connectivity index (χ1) is 7.99. The van der Waals surface area contributed by atoms with Gasteiger partial charge in [-0.1, -0.05) is 29.3 Å². The van der Waals surface area contributed by atoms with Gasteiger partial charge in [0, 0.05) is 15.6 Å². The molecule has 0 unspecified atom stereocenters. The first-order valence-electron chi connectivity index (χ1n) is 4.86. The van der Waals surface area contributed by atoms with Gasteiger partial charge in [0.2, 0.25) is 0 Å². The van der Waals surface area contributed by atoms with Crippen molar-refractivity contribution < 1.29 is 19.4 Å². The van der Waals surface area contributed by atoms with Gasteiger partial charge in [0.05, 0.1) is 6.42 Å². The van der Waals surface area contributed by atoms with Gasteiger partial charge >= 0.3 is 11.9 Å². The van der Waals surface area contributed by atoms with Crippen LogP contribution in [0.2, 0.25) is 10.0 Å². The maximum atomic E-state index is 11.2. The molecule has 0 radical (unpaired) electrons. The van der Waals surface area contributed by atoms with Crippen LogP contribution in [-0.4, -0.2) is 17.0 Å². The van der Waals surface area contributed by atoms with Crippen LogP contribution in [0.4, 0.5) is 0 Å². The number of carbonyl (C=O) groups is 2. The molecule has 0 aliphatic carbocycles. The summed E-state index contributed by atoms with van der Waals surface area (Å²) in [4.78, 5) is 22.2. The number of hydrogen-bond donors (Lipinski definition) is 1. The van der Waals surface area contributed by atoms with E-state index in [2.05, 4.69) is 0 Å². The molecule has 17 heavy (non-hydrogen) atoms. The zero-order valence-electron chi connectivity index (χ0n) is 8.52. The lowest BCUT2D eigenvalue weighted by atomic mass is 9.95. The number of halogens is 2. The van der Waals surface area contributed by atoms with Gasteiger partial charge in [-0.15, -0.1) is 0 Å². The molecule has 2 atom stereocenters. The number of aliphatic carboxylic acids is 1. The molecule has 1 fully saturated rings. The number of esters is 1. The lowest BCUT2D eigenvalue weighted by Crippen LogP contribution is -2.17. The van der Waals surface area contributed by atoms with Crippen molar-refractivity contribution in [3.63, 3.8) is 0 Å². The molecule has 0 bridgehead atoms. The molecule has 1 N–H and O–H groups in total. The molecular weight excluding hydrogens is 267 g/mol. The number of carbonyl (C=O) groups excluding carboxylic acids is 1. The maximum Gasteiger partial charge on any atom is 0.311 e. The van der Waals surface area contributed by atoms with Crippen molar-refractivity contribution in [2.45, 2.75) is 12.5 Å². The van der Waals surface area contributed by atoms with Gasteiger partial charge in [-0.05, 0) is 12.1 Å². The van der Waals surface area contributed by atoms with Gasteiger partial charge in [-0.3, -0.25) is 9.59 Å². The van der Waals surface area contributed by atoms with Gasteiger partial charge < -0.3 is 9.84 Å². The molecule has 1 heterocycles. The Morgan fingerprint density at radius 2 is 2.12 bits per heavy atom. The second-order valence-corrected chi connectivity index (χ2v) is 4.57. The van der Waals surface area contributed by atoms with Crippen LogP contribution in [0.25, 0.3) is 0 Å². The highest BCUT2D eigenvalue weighted by atomic mass is 35.5. The molecule has 90 valence electrons. The van der Waals surface area contributed by atoms with Crippen molar-refractivity contribution >= 4 is 35.1 Å². The second-order valence-electron chi connectivity index (χ2n) is 3.73.